The molecule has 2 N–H and O–H groups in total. The quantitative estimate of drug-likeness (QED) is 0.740. The summed E-state index contributed by atoms with van der Waals surface area (Å²) in [5, 5.41) is 10.5. The van der Waals surface area contributed by atoms with Crippen LogP contribution in [0.5, 0.6) is 0 Å². The average Bonchev–Trinajstić information content (AvgIpc) is 3.04. The molecular formula is C20H19FN4O. The summed E-state index contributed by atoms with van der Waals surface area (Å²) in [5.74, 6) is -0.397. The summed E-state index contributed by atoms with van der Waals surface area (Å²) in [6.45, 7) is 0. The summed E-state index contributed by atoms with van der Waals surface area (Å²) < 4.78 is 13.2. The molecule has 0 spiro atoms. The first-order valence-corrected chi connectivity index (χ1v) is 8.73. The van der Waals surface area contributed by atoms with Gasteiger partial charge in [0.15, 0.2) is 0 Å². The second-order valence-corrected chi connectivity index (χ2v) is 6.57. The molecule has 1 aliphatic carbocycles. The lowest BCUT2D eigenvalue weighted by Crippen LogP contribution is -2.39. The Kier molecular flexibility index (Phi) is 4.48. The summed E-state index contributed by atoms with van der Waals surface area (Å²) in [5.41, 5.74) is 3.63. The molecule has 1 fully saturated rings. The maximum Gasteiger partial charge on any atom is 0.255 e. The van der Waals surface area contributed by atoms with Crippen LogP contribution in [0.2, 0.25) is 0 Å². The maximum absolute atomic E-state index is 13.2. The number of aromatic amines is 1. The summed E-state index contributed by atoms with van der Waals surface area (Å²) >= 11 is 0. The van der Waals surface area contributed by atoms with E-state index in [1.807, 2.05) is 12.1 Å². The fourth-order valence-corrected chi connectivity index (χ4v) is 3.09. The van der Waals surface area contributed by atoms with E-state index in [2.05, 4.69) is 20.5 Å². The number of pyridine rings is 1. The van der Waals surface area contributed by atoms with Crippen molar-refractivity contribution in [2.45, 2.75) is 31.7 Å². The maximum atomic E-state index is 13.2. The largest absolute Gasteiger partial charge is 0.349 e. The molecule has 6 heteroatoms. The number of carbonyl (C=O) groups is 1. The molecule has 2 aromatic heterocycles. The van der Waals surface area contributed by atoms with Crippen LogP contribution in [0.3, 0.4) is 0 Å². The van der Waals surface area contributed by atoms with Crippen LogP contribution >= 0.6 is 0 Å². The number of hydrogen-bond donors (Lipinski definition) is 2. The Morgan fingerprint density at radius 1 is 1.15 bits per heavy atom. The Morgan fingerprint density at radius 3 is 2.54 bits per heavy atom. The molecule has 1 aliphatic rings. The van der Waals surface area contributed by atoms with Crippen LogP contribution in [-0.4, -0.2) is 27.1 Å². The molecule has 0 bridgehead atoms. The number of nitrogens with zero attached hydrogens (tertiary/aromatic N) is 2. The van der Waals surface area contributed by atoms with Crippen molar-refractivity contribution in [3.05, 3.63) is 71.4 Å². The fourth-order valence-electron chi connectivity index (χ4n) is 3.09. The number of amides is 1. The monoisotopic (exact) mass is 350 g/mol. The minimum atomic E-state index is -0.279. The lowest BCUT2D eigenvalue weighted by molar-refractivity contribution is 0.0917. The van der Waals surface area contributed by atoms with E-state index >= 15 is 0 Å². The van der Waals surface area contributed by atoms with Gasteiger partial charge in [0.05, 0.1) is 11.3 Å². The third-order valence-corrected chi connectivity index (χ3v) is 4.76. The molecule has 1 amide bonds. The molecular weight excluding hydrogens is 331 g/mol. The number of hydrogen-bond acceptors (Lipinski definition) is 3. The first kappa shape index (κ1) is 16.4. The number of nitrogens with one attached hydrogen (secondary N) is 2. The van der Waals surface area contributed by atoms with Crippen LogP contribution in [0.4, 0.5) is 4.39 Å². The van der Waals surface area contributed by atoms with Crippen LogP contribution < -0.4 is 5.32 Å². The van der Waals surface area contributed by atoms with Crippen LogP contribution in [0.25, 0.3) is 11.3 Å². The minimum absolute atomic E-state index is 0.118. The van der Waals surface area contributed by atoms with Gasteiger partial charge in [-0.1, -0.05) is 12.1 Å². The minimum Gasteiger partial charge on any atom is -0.349 e. The van der Waals surface area contributed by atoms with E-state index in [0.29, 0.717) is 17.7 Å². The second kappa shape index (κ2) is 7.07. The predicted molar refractivity (Wildman–Crippen MR) is 96.1 cm³/mol. The van der Waals surface area contributed by atoms with Gasteiger partial charge in [-0.3, -0.25) is 14.9 Å². The number of aromatic nitrogens is 3. The summed E-state index contributed by atoms with van der Waals surface area (Å²) in [7, 11) is 0. The topological polar surface area (TPSA) is 70.7 Å². The zero-order valence-electron chi connectivity index (χ0n) is 14.2. The van der Waals surface area contributed by atoms with Crippen molar-refractivity contribution in [2.75, 3.05) is 0 Å². The van der Waals surface area contributed by atoms with Crippen molar-refractivity contribution in [1.29, 1.82) is 0 Å². The van der Waals surface area contributed by atoms with Crippen LogP contribution in [0.15, 0.2) is 48.8 Å². The molecule has 0 radical (unpaired) electrons. The second-order valence-electron chi connectivity index (χ2n) is 6.57. The predicted octanol–water partition coefficient (Wildman–Crippen LogP) is 3.48. The number of carbonyl (C=O) groups excluding carboxylic acids is 1. The van der Waals surface area contributed by atoms with Crippen molar-refractivity contribution < 1.29 is 9.18 Å². The summed E-state index contributed by atoms with van der Waals surface area (Å²) in [6.07, 6.45) is 7.01. The van der Waals surface area contributed by atoms with Crippen molar-refractivity contribution in [3.63, 3.8) is 0 Å². The van der Waals surface area contributed by atoms with Gasteiger partial charge in [-0.2, -0.15) is 5.10 Å². The van der Waals surface area contributed by atoms with Gasteiger partial charge in [0.25, 0.3) is 5.91 Å². The zero-order valence-corrected chi connectivity index (χ0v) is 14.2. The van der Waals surface area contributed by atoms with E-state index in [1.54, 1.807) is 24.5 Å². The number of H-pyrrole nitrogens is 1. The number of halogens is 1. The van der Waals surface area contributed by atoms with Crippen molar-refractivity contribution in [1.82, 2.24) is 20.5 Å². The molecule has 132 valence electrons. The lowest BCUT2D eigenvalue weighted by atomic mass is 9.92. The Labute approximate surface area is 150 Å². The van der Waals surface area contributed by atoms with E-state index in [-0.39, 0.29) is 17.8 Å². The highest BCUT2D eigenvalue weighted by Gasteiger charge is 2.26. The van der Waals surface area contributed by atoms with Gasteiger partial charge in [0.2, 0.25) is 0 Å². The van der Waals surface area contributed by atoms with Gasteiger partial charge in [0.1, 0.15) is 11.5 Å². The van der Waals surface area contributed by atoms with Crippen LogP contribution in [0, 0.1) is 5.82 Å². The molecule has 0 aliphatic heterocycles. The van der Waals surface area contributed by atoms with E-state index in [0.717, 1.165) is 36.1 Å². The molecule has 3 aromatic rings. The van der Waals surface area contributed by atoms with Crippen LogP contribution in [-0.2, 0) is 6.42 Å². The molecule has 1 aromatic carbocycles. The molecule has 4 rings (SSSR count). The van der Waals surface area contributed by atoms with Gasteiger partial charge < -0.3 is 5.32 Å². The molecule has 2 heterocycles. The Hall–Kier alpha value is -3.02. The van der Waals surface area contributed by atoms with E-state index in [1.165, 1.54) is 12.1 Å². The summed E-state index contributed by atoms with van der Waals surface area (Å²) in [6, 6.07) is 10.2. The standard InChI is InChI=1S/C20H19FN4O/c21-15-6-4-13(5-7-15)12-17-18(20(26)23-16-2-1-3-16)19(25-24-17)14-8-10-22-11-9-14/h4-11,16H,1-3,12H2,(H,23,26)(H,24,25). The average molecular weight is 350 g/mol. The first-order valence-electron chi connectivity index (χ1n) is 8.73. The van der Waals surface area contributed by atoms with E-state index in [9.17, 15) is 9.18 Å². The Bertz CT molecular complexity index is 901. The third kappa shape index (κ3) is 3.35. The van der Waals surface area contributed by atoms with E-state index < -0.39 is 0 Å². The van der Waals surface area contributed by atoms with Gasteiger partial charge >= 0.3 is 0 Å². The number of benzene rings is 1. The summed E-state index contributed by atoms with van der Waals surface area (Å²) in [4.78, 5) is 16.9. The van der Waals surface area contributed by atoms with Gasteiger partial charge in [0, 0.05) is 30.4 Å². The van der Waals surface area contributed by atoms with Gasteiger partial charge in [-0.15, -0.1) is 0 Å². The zero-order chi connectivity index (χ0) is 17.9. The third-order valence-electron chi connectivity index (χ3n) is 4.76. The number of rotatable bonds is 5. The highest BCUT2D eigenvalue weighted by atomic mass is 19.1. The normalized spacial score (nSPS) is 14.0. The van der Waals surface area contributed by atoms with Gasteiger partial charge in [-0.05, 0) is 49.1 Å². The van der Waals surface area contributed by atoms with Crippen molar-refractivity contribution in [2.24, 2.45) is 0 Å². The molecule has 0 saturated heterocycles. The van der Waals surface area contributed by atoms with Crippen LogP contribution in [0.1, 0.15) is 40.9 Å². The molecule has 0 unspecified atom stereocenters. The molecule has 1 saturated carbocycles. The molecule has 5 nitrogen and oxygen atoms in total. The molecule has 26 heavy (non-hydrogen) atoms. The Balaban J connectivity index is 1.69. The smallest absolute Gasteiger partial charge is 0.255 e. The highest BCUT2D eigenvalue weighted by molar-refractivity contribution is 6.01. The SMILES string of the molecule is O=C(NC1CCC1)c1c(-c2ccncc2)n[nH]c1Cc1ccc(F)cc1. The van der Waals surface area contributed by atoms with Crippen molar-refractivity contribution in [3.8, 4) is 11.3 Å². The first-order chi connectivity index (χ1) is 12.7. The molecule has 0 atom stereocenters. The van der Waals surface area contributed by atoms with Crippen molar-refractivity contribution >= 4 is 5.91 Å². The fraction of sp³-hybridized carbons (Fsp3) is 0.250. The highest BCUT2D eigenvalue weighted by Crippen LogP contribution is 2.26. The Morgan fingerprint density at radius 2 is 1.88 bits per heavy atom. The van der Waals surface area contributed by atoms with Gasteiger partial charge in [-0.25, -0.2) is 4.39 Å². The van der Waals surface area contributed by atoms with E-state index in [4.69, 9.17) is 0 Å². The lowest BCUT2D eigenvalue weighted by Gasteiger charge is -2.26.